The summed E-state index contributed by atoms with van der Waals surface area (Å²) in [6.45, 7) is 1.71. The van der Waals surface area contributed by atoms with Crippen LogP contribution in [0.3, 0.4) is 0 Å². The number of alkyl halides is 3. The molecule has 0 bridgehead atoms. The molecule has 2 amide bonds. The van der Waals surface area contributed by atoms with E-state index in [0.29, 0.717) is 28.3 Å². The Hall–Kier alpha value is -4.01. The van der Waals surface area contributed by atoms with Gasteiger partial charge in [0.25, 0.3) is 5.91 Å². The highest BCUT2D eigenvalue weighted by Gasteiger charge is 2.32. The van der Waals surface area contributed by atoms with Crippen LogP contribution < -0.4 is 14.8 Å². The Morgan fingerprint density at radius 2 is 1.83 bits per heavy atom. The number of halogens is 3. The quantitative estimate of drug-likeness (QED) is 0.507. The third kappa shape index (κ3) is 5.97. The number of nitrogens with zero attached hydrogens (tertiary/aromatic N) is 1. The monoisotopic (exact) mass is 498 g/mol. The van der Waals surface area contributed by atoms with Gasteiger partial charge in [0.05, 0.1) is 19.1 Å². The molecule has 1 aliphatic heterocycles. The molecule has 1 heterocycles. The summed E-state index contributed by atoms with van der Waals surface area (Å²) in [7, 11) is 1.55. The largest absolute Gasteiger partial charge is 0.497 e. The first-order valence-corrected chi connectivity index (χ1v) is 11.3. The van der Waals surface area contributed by atoms with Crippen LogP contribution in [0.1, 0.15) is 29.2 Å². The summed E-state index contributed by atoms with van der Waals surface area (Å²) in [6.07, 6.45) is -5.15. The van der Waals surface area contributed by atoms with Crippen molar-refractivity contribution in [2.45, 2.75) is 38.7 Å². The number of carbonyl (C=O) groups excluding carboxylic acids is 2. The van der Waals surface area contributed by atoms with Gasteiger partial charge in [-0.05, 0) is 60.5 Å². The Balaban J connectivity index is 1.51. The zero-order valence-electron chi connectivity index (χ0n) is 19.8. The maximum atomic E-state index is 13.1. The van der Waals surface area contributed by atoms with Gasteiger partial charge in [-0.3, -0.25) is 9.59 Å². The molecule has 1 N–H and O–H groups in total. The molecule has 0 radical (unpaired) electrons. The summed E-state index contributed by atoms with van der Waals surface area (Å²) in [5.74, 6) is 0.561. The van der Waals surface area contributed by atoms with Crippen molar-refractivity contribution in [2.24, 2.45) is 0 Å². The minimum Gasteiger partial charge on any atom is -0.497 e. The summed E-state index contributed by atoms with van der Waals surface area (Å²) in [4.78, 5) is 27.0. The predicted molar refractivity (Wildman–Crippen MR) is 128 cm³/mol. The molecule has 188 valence electrons. The van der Waals surface area contributed by atoms with Gasteiger partial charge in [0, 0.05) is 24.3 Å². The first-order valence-electron chi connectivity index (χ1n) is 11.3. The van der Waals surface area contributed by atoms with Gasteiger partial charge in [-0.1, -0.05) is 24.3 Å². The van der Waals surface area contributed by atoms with Crippen molar-refractivity contribution < 1.29 is 32.2 Å². The number of hydrogen-bond acceptors (Lipinski definition) is 4. The van der Waals surface area contributed by atoms with Crippen LogP contribution in [0.25, 0.3) is 0 Å². The highest BCUT2D eigenvalue weighted by molar-refractivity contribution is 5.92. The number of hydrogen-bond donors (Lipinski definition) is 1. The Bertz CT molecular complexity index is 1280. The Kier molecular flexibility index (Phi) is 7.19. The van der Waals surface area contributed by atoms with Gasteiger partial charge in [0.15, 0.2) is 6.10 Å². The molecule has 1 atom stereocenters. The van der Waals surface area contributed by atoms with Crippen LogP contribution in [-0.4, -0.2) is 29.9 Å². The minimum absolute atomic E-state index is 0.0116. The van der Waals surface area contributed by atoms with E-state index in [1.54, 1.807) is 56.5 Å². The molecule has 0 saturated heterocycles. The smallest absolute Gasteiger partial charge is 0.416 e. The van der Waals surface area contributed by atoms with E-state index in [0.717, 1.165) is 17.7 Å². The van der Waals surface area contributed by atoms with Crippen LogP contribution >= 0.6 is 0 Å². The van der Waals surface area contributed by atoms with Gasteiger partial charge < -0.3 is 19.7 Å². The second-order valence-electron chi connectivity index (χ2n) is 8.55. The van der Waals surface area contributed by atoms with Gasteiger partial charge in [0.1, 0.15) is 11.5 Å². The topological polar surface area (TPSA) is 67.9 Å². The fourth-order valence-electron chi connectivity index (χ4n) is 4.05. The zero-order chi connectivity index (χ0) is 25.9. The summed E-state index contributed by atoms with van der Waals surface area (Å²) < 4.78 is 50.4. The van der Waals surface area contributed by atoms with Crippen molar-refractivity contribution in [3.63, 3.8) is 0 Å². The van der Waals surface area contributed by atoms with Crippen LogP contribution in [-0.2, 0) is 35.3 Å². The first kappa shape index (κ1) is 25.1. The summed E-state index contributed by atoms with van der Waals surface area (Å²) in [6, 6.07) is 17.2. The van der Waals surface area contributed by atoms with E-state index in [2.05, 4.69) is 5.32 Å². The Morgan fingerprint density at radius 3 is 2.58 bits per heavy atom. The van der Waals surface area contributed by atoms with Crippen molar-refractivity contribution in [1.29, 1.82) is 0 Å². The molecule has 0 fully saturated rings. The minimum atomic E-state index is -4.47. The number of methoxy groups -OCH3 is 1. The lowest BCUT2D eigenvalue weighted by Gasteiger charge is -2.22. The van der Waals surface area contributed by atoms with E-state index in [4.69, 9.17) is 9.47 Å². The van der Waals surface area contributed by atoms with E-state index in [1.165, 1.54) is 11.0 Å². The van der Waals surface area contributed by atoms with E-state index in [-0.39, 0.29) is 31.3 Å². The highest BCUT2D eigenvalue weighted by atomic mass is 19.4. The SMILES string of the molecule is COc1cccc(CC(=O)Nc2ccc3c(c2)CN(Cc2cccc(C(F)(F)F)c2)C(=O)C(C)O3)c1. The fraction of sp³-hybridized carbons (Fsp3) is 0.259. The number of anilines is 1. The van der Waals surface area contributed by atoms with Gasteiger partial charge in [-0.2, -0.15) is 13.2 Å². The van der Waals surface area contributed by atoms with Crippen molar-refractivity contribution in [3.8, 4) is 11.5 Å². The van der Waals surface area contributed by atoms with Crippen molar-refractivity contribution in [1.82, 2.24) is 4.90 Å². The van der Waals surface area contributed by atoms with E-state index in [9.17, 15) is 22.8 Å². The lowest BCUT2D eigenvalue weighted by atomic mass is 10.1. The zero-order valence-corrected chi connectivity index (χ0v) is 19.8. The van der Waals surface area contributed by atoms with Crippen molar-refractivity contribution in [3.05, 3.63) is 89.0 Å². The second-order valence-corrected chi connectivity index (χ2v) is 8.55. The van der Waals surface area contributed by atoms with E-state index in [1.807, 2.05) is 6.07 Å². The molecule has 0 aromatic heterocycles. The molecule has 9 heteroatoms. The lowest BCUT2D eigenvalue weighted by molar-refractivity contribution is -0.138. The molecule has 4 rings (SSSR count). The molecule has 3 aromatic carbocycles. The van der Waals surface area contributed by atoms with E-state index < -0.39 is 17.8 Å². The summed E-state index contributed by atoms with van der Waals surface area (Å²) in [5, 5.41) is 2.85. The Morgan fingerprint density at radius 1 is 1.08 bits per heavy atom. The molecule has 3 aromatic rings. The van der Waals surface area contributed by atoms with Gasteiger partial charge in [-0.25, -0.2) is 0 Å². The van der Waals surface area contributed by atoms with Crippen LogP contribution in [0.2, 0.25) is 0 Å². The fourth-order valence-corrected chi connectivity index (χ4v) is 4.05. The molecule has 1 unspecified atom stereocenters. The standard InChI is InChI=1S/C27H25F3N2O4/c1-17-26(34)32(15-19-6-3-7-21(11-19)27(28,29)30)16-20-14-22(9-10-24(20)36-17)31-25(33)13-18-5-4-8-23(12-18)35-2/h3-12,14,17H,13,15-16H2,1-2H3,(H,31,33). The number of rotatable bonds is 6. The number of fused-ring (bicyclic) bond motifs is 1. The number of amides is 2. The molecular weight excluding hydrogens is 473 g/mol. The average molecular weight is 499 g/mol. The summed E-state index contributed by atoms with van der Waals surface area (Å²) >= 11 is 0. The molecule has 6 nitrogen and oxygen atoms in total. The Labute approximate surface area is 206 Å². The second kappa shape index (κ2) is 10.3. The molecule has 1 aliphatic rings. The number of carbonyl (C=O) groups is 2. The highest BCUT2D eigenvalue weighted by Crippen LogP contribution is 2.32. The van der Waals surface area contributed by atoms with Gasteiger partial charge in [-0.15, -0.1) is 0 Å². The number of benzene rings is 3. The predicted octanol–water partition coefficient (Wildman–Crippen LogP) is 5.20. The average Bonchev–Trinajstić information content (AvgIpc) is 2.95. The molecule has 0 spiro atoms. The maximum absolute atomic E-state index is 13.1. The van der Waals surface area contributed by atoms with Crippen LogP contribution in [0, 0.1) is 0 Å². The van der Waals surface area contributed by atoms with Crippen molar-refractivity contribution in [2.75, 3.05) is 12.4 Å². The molecule has 36 heavy (non-hydrogen) atoms. The lowest BCUT2D eigenvalue weighted by Crippen LogP contribution is -2.37. The van der Waals surface area contributed by atoms with Crippen LogP contribution in [0.5, 0.6) is 11.5 Å². The number of nitrogens with one attached hydrogen (secondary N) is 1. The maximum Gasteiger partial charge on any atom is 0.416 e. The van der Waals surface area contributed by atoms with Gasteiger partial charge >= 0.3 is 6.18 Å². The molecule has 0 aliphatic carbocycles. The van der Waals surface area contributed by atoms with E-state index >= 15 is 0 Å². The van der Waals surface area contributed by atoms with Crippen molar-refractivity contribution >= 4 is 17.5 Å². The summed E-state index contributed by atoms with van der Waals surface area (Å²) in [5.41, 5.74) is 1.53. The first-order chi connectivity index (χ1) is 17.1. The third-order valence-electron chi connectivity index (χ3n) is 5.80. The molecular formula is C27H25F3N2O4. The third-order valence-corrected chi connectivity index (χ3v) is 5.80. The number of ether oxygens (including phenoxy) is 2. The normalized spacial score (nSPS) is 15.5. The van der Waals surface area contributed by atoms with Crippen LogP contribution in [0.15, 0.2) is 66.7 Å². The van der Waals surface area contributed by atoms with Gasteiger partial charge in [0.2, 0.25) is 5.91 Å². The molecule has 0 saturated carbocycles. The van der Waals surface area contributed by atoms with Crippen LogP contribution in [0.4, 0.5) is 18.9 Å².